The lowest BCUT2D eigenvalue weighted by Gasteiger charge is -2.11. The first-order valence-corrected chi connectivity index (χ1v) is 4.57. The lowest BCUT2D eigenvalue weighted by Crippen LogP contribution is -2.11. The highest BCUT2D eigenvalue weighted by Gasteiger charge is 2.00. The normalized spacial score (nSPS) is 10.7. The second kappa shape index (κ2) is 3.92. The largest absolute Gasteiger partial charge is 0.399 e. The number of rotatable bonds is 2. The number of anilines is 1. The fourth-order valence-corrected chi connectivity index (χ4v) is 1.55. The van der Waals surface area contributed by atoms with Crippen molar-refractivity contribution in [1.82, 2.24) is 4.90 Å². The second-order valence-electron chi connectivity index (χ2n) is 3.09. The lowest BCUT2D eigenvalue weighted by atomic mass is 10.2. The molecule has 0 aliphatic heterocycles. The van der Waals surface area contributed by atoms with Crippen molar-refractivity contribution in [1.29, 1.82) is 0 Å². The van der Waals surface area contributed by atoms with Gasteiger partial charge in [-0.15, -0.1) is 0 Å². The zero-order valence-corrected chi connectivity index (χ0v) is 8.93. The number of halogens is 1. The van der Waals surface area contributed by atoms with Crippen LogP contribution < -0.4 is 5.73 Å². The zero-order chi connectivity index (χ0) is 9.14. The maximum atomic E-state index is 5.61. The molecule has 1 rings (SSSR count). The lowest BCUT2D eigenvalue weighted by molar-refractivity contribution is 0.401. The summed E-state index contributed by atoms with van der Waals surface area (Å²) in [5, 5.41) is 0. The molecule has 3 heteroatoms. The Bertz CT molecular complexity index is 271. The highest BCUT2D eigenvalue weighted by Crippen LogP contribution is 2.20. The van der Waals surface area contributed by atoms with Crippen LogP contribution in [0.4, 0.5) is 5.69 Å². The molecule has 66 valence electrons. The van der Waals surface area contributed by atoms with Crippen molar-refractivity contribution in [2.45, 2.75) is 6.54 Å². The number of benzene rings is 1. The molecule has 12 heavy (non-hydrogen) atoms. The molecule has 0 heterocycles. The second-order valence-corrected chi connectivity index (χ2v) is 3.94. The Morgan fingerprint density at radius 2 is 2.08 bits per heavy atom. The van der Waals surface area contributed by atoms with Gasteiger partial charge in [-0.1, -0.05) is 22.0 Å². The summed E-state index contributed by atoms with van der Waals surface area (Å²) < 4.78 is 1.08. The van der Waals surface area contributed by atoms with E-state index in [0.29, 0.717) is 0 Å². The molecule has 0 aromatic heterocycles. The molecule has 0 amide bonds. The summed E-state index contributed by atoms with van der Waals surface area (Å²) in [6.07, 6.45) is 0. The quantitative estimate of drug-likeness (QED) is 0.787. The molecular weight excluding hydrogens is 216 g/mol. The molecule has 0 aliphatic rings. The summed E-state index contributed by atoms with van der Waals surface area (Å²) in [6.45, 7) is 0.931. The van der Waals surface area contributed by atoms with Gasteiger partial charge in [0.25, 0.3) is 0 Å². The minimum absolute atomic E-state index is 0.796. The standard InChI is InChI=1S/C9H13BrN2/c1-12(2)6-7-3-4-8(11)5-9(7)10/h3-5H,6,11H2,1-2H3. The van der Waals surface area contributed by atoms with Gasteiger partial charge in [0.2, 0.25) is 0 Å². The van der Waals surface area contributed by atoms with Crippen molar-refractivity contribution in [3.8, 4) is 0 Å². The van der Waals surface area contributed by atoms with Crippen LogP contribution in [0.2, 0.25) is 0 Å². The Labute approximate surface area is 81.5 Å². The topological polar surface area (TPSA) is 29.3 Å². The van der Waals surface area contributed by atoms with Crippen LogP contribution in [0.25, 0.3) is 0 Å². The van der Waals surface area contributed by atoms with Crippen LogP contribution in [0.1, 0.15) is 5.56 Å². The molecule has 0 spiro atoms. The predicted molar refractivity (Wildman–Crippen MR) is 55.9 cm³/mol. The Kier molecular flexibility index (Phi) is 3.12. The summed E-state index contributed by atoms with van der Waals surface area (Å²) >= 11 is 3.47. The van der Waals surface area contributed by atoms with Crippen molar-refractivity contribution < 1.29 is 0 Å². The van der Waals surface area contributed by atoms with E-state index in [1.165, 1.54) is 5.56 Å². The van der Waals surface area contributed by atoms with E-state index in [4.69, 9.17) is 5.73 Å². The van der Waals surface area contributed by atoms with E-state index < -0.39 is 0 Å². The van der Waals surface area contributed by atoms with Gasteiger partial charge < -0.3 is 10.6 Å². The van der Waals surface area contributed by atoms with Crippen LogP contribution in [0.5, 0.6) is 0 Å². The van der Waals surface area contributed by atoms with Gasteiger partial charge >= 0.3 is 0 Å². The molecule has 0 bridgehead atoms. The third-order valence-electron chi connectivity index (χ3n) is 1.56. The molecule has 0 atom stereocenters. The Balaban J connectivity index is 2.86. The summed E-state index contributed by atoms with van der Waals surface area (Å²) in [7, 11) is 4.09. The van der Waals surface area contributed by atoms with E-state index in [0.717, 1.165) is 16.7 Å². The maximum absolute atomic E-state index is 5.61. The van der Waals surface area contributed by atoms with E-state index in [1.807, 2.05) is 32.3 Å². The molecule has 0 saturated heterocycles. The fourth-order valence-electron chi connectivity index (χ4n) is 1.03. The zero-order valence-electron chi connectivity index (χ0n) is 7.34. The van der Waals surface area contributed by atoms with Crippen molar-refractivity contribution in [3.05, 3.63) is 28.2 Å². The summed E-state index contributed by atoms with van der Waals surface area (Å²) in [5.74, 6) is 0. The summed E-state index contributed by atoms with van der Waals surface area (Å²) in [5.41, 5.74) is 7.67. The van der Waals surface area contributed by atoms with Crippen molar-refractivity contribution in [2.75, 3.05) is 19.8 Å². The van der Waals surface area contributed by atoms with Crippen LogP contribution >= 0.6 is 15.9 Å². The van der Waals surface area contributed by atoms with E-state index in [-0.39, 0.29) is 0 Å². The van der Waals surface area contributed by atoms with Gasteiger partial charge in [0.15, 0.2) is 0 Å². The van der Waals surface area contributed by atoms with E-state index in [1.54, 1.807) is 0 Å². The average molecular weight is 229 g/mol. The molecular formula is C9H13BrN2. The summed E-state index contributed by atoms with van der Waals surface area (Å²) in [6, 6.07) is 5.89. The molecule has 2 N–H and O–H groups in total. The van der Waals surface area contributed by atoms with Crippen LogP contribution in [0, 0.1) is 0 Å². The number of nitrogen functional groups attached to an aromatic ring is 1. The van der Waals surface area contributed by atoms with Crippen molar-refractivity contribution >= 4 is 21.6 Å². The first kappa shape index (κ1) is 9.55. The van der Waals surface area contributed by atoms with Crippen molar-refractivity contribution in [2.24, 2.45) is 0 Å². The van der Waals surface area contributed by atoms with Crippen LogP contribution in [-0.4, -0.2) is 19.0 Å². The van der Waals surface area contributed by atoms with Crippen molar-refractivity contribution in [3.63, 3.8) is 0 Å². The SMILES string of the molecule is CN(C)Cc1ccc(N)cc1Br. The molecule has 0 saturated carbocycles. The van der Waals surface area contributed by atoms with Gasteiger partial charge in [0, 0.05) is 16.7 Å². The number of hydrogen-bond acceptors (Lipinski definition) is 2. The van der Waals surface area contributed by atoms with Gasteiger partial charge in [-0.2, -0.15) is 0 Å². The Morgan fingerprint density at radius 1 is 1.42 bits per heavy atom. The van der Waals surface area contributed by atoms with Crippen LogP contribution in [-0.2, 0) is 6.54 Å². The highest BCUT2D eigenvalue weighted by molar-refractivity contribution is 9.10. The first-order chi connectivity index (χ1) is 5.59. The molecule has 0 radical (unpaired) electrons. The van der Waals surface area contributed by atoms with Gasteiger partial charge in [-0.05, 0) is 31.8 Å². The smallest absolute Gasteiger partial charge is 0.0325 e. The molecule has 0 unspecified atom stereocenters. The molecule has 1 aromatic rings. The van der Waals surface area contributed by atoms with E-state index in [9.17, 15) is 0 Å². The minimum Gasteiger partial charge on any atom is -0.399 e. The number of hydrogen-bond donors (Lipinski definition) is 1. The number of nitrogens with two attached hydrogens (primary N) is 1. The summed E-state index contributed by atoms with van der Waals surface area (Å²) in [4.78, 5) is 2.12. The monoisotopic (exact) mass is 228 g/mol. The molecule has 1 aromatic carbocycles. The predicted octanol–water partition coefficient (Wildman–Crippen LogP) is 2.09. The molecule has 2 nitrogen and oxygen atoms in total. The average Bonchev–Trinajstić information content (AvgIpc) is 1.94. The molecule has 0 aliphatic carbocycles. The Morgan fingerprint density at radius 3 is 2.58 bits per heavy atom. The van der Waals surface area contributed by atoms with Crippen LogP contribution in [0.15, 0.2) is 22.7 Å². The van der Waals surface area contributed by atoms with Gasteiger partial charge in [-0.25, -0.2) is 0 Å². The third kappa shape index (κ3) is 2.50. The van der Waals surface area contributed by atoms with Crippen LogP contribution in [0.3, 0.4) is 0 Å². The minimum atomic E-state index is 0.796. The number of nitrogens with zero attached hydrogens (tertiary/aromatic N) is 1. The third-order valence-corrected chi connectivity index (χ3v) is 2.30. The van der Waals surface area contributed by atoms with Gasteiger partial charge in [0.1, 0.15) is 0 Å². The highest BCUT2D eigenvalue weighted by atomic mass is 79.9. The molecule has 0 fully saturated rings. The maximum Gasteiger partial charge on any atom is 0.0325 e. The van der Waals surface area contributed by atoms with E-state index in [2.05, 4.69) is 20.8 Å². The fraction of sp³-hybridized carbons (Fsp3) is 0.333. The van der Waals surface area contributed by atoms with E-state index >= 15 is 0 Å². The van der Waals surface area contributed by atoms with Gasteiger partial charge in [0.05, 0.1) is 0 Å². The Hall–Kier alpha value is -0.540. The van der Waals surface area contributed by atoms with Gasteiger partial charge in [-0.3, -0.25) is 0 Å². The first-order valence-electron chi connectivity index (χ1n) is 3.78.